The molecule has 1 rings (SSSR count). The third-order valence-electron chi connectivity index (χ3n) is 3.67. The first-order valence-electron chi connectivity index (χ1n) is 7.96. The minimum absolute atomic E-state index is 0.0311. The first kappa shape index (κ1) is 16.2. The Hall–Kier alpha value is -0.830. The summed E-state index contributed by atoms with van der Waals surface area (Å²) in [4.78, 5) is 7.94. The maximum absolute atomic E-state index is 5.88. The van der Waals surface area contributed by atoms with Gasteiger partial charge in [-0.25, -0.2) is 4.98 Å². The van der Waals surface area contributed by atoms with Crippen LogP contribution in [0.15, 0.2) is 0 Å². The number of hydrogen-bond acceptors (Lipinski definition) is 2. The molecule has 1 heterocycles. The fourth-order valence-electron chi connectivity index (χ4n) is 2.53. The van der Waals surface area contributed by atoms with Gasteiger partial charge in [0.1, 0.15) is 5.82 Å². The Kier molecular flexibility index (Phi) is 7.80. The number of aromatic amines is 1. The van der Waals surface area contributed by atoms with E-state index in [-0.39, 0.29) is 6.04 Å². The van der Waals surface area contributed by atoms with E-state index in [1.165, 1.54) is 51.4 Å². The third-order valence-corrected chi connectivity index (χ3v) is 3.67. The van der Waals surface area contributed by atoms with Crippen molar-refractivity contribution in [3.8, 4) is 0 Å². The van der Waals surface area contributed by atoms with Crippen molar-refractivity contribution in [2.24, 2.45) is 5.73 Å². The number of nitrogens with one attached hydrogen (secondary N) is 1. The molecule has 19 heavy (non-hydrogen) atoms. The Labute approximate surface area is 118 Å². The highest BCUT2D eigenvalue weighted by atomic mass is 15.0. The molecular formula is C16H31N3. The number of imidazole rings is 1. The average Bonchev–Trinajstić information content (AvgIpc) is 2.74. The van der Waals surface area contributed by atoms with Crippen LogP contribution >= 0.6 is 0 Å². The molecule has 0 saturated heterocycles. The normalized spacial score (nSPS) is 12.8. The highest BCUT2D eigenvalue weighted by molar-refractivity contribution is 5.16. The fraction of sp³-hybridized carbons (Fsp3) is 0.812. The number of rotatable bonds is 10. The lowest BCUT2D eigenvalue weighted by Crippen LogP contribution is -2.06. The Morgan fingerprint density at radius 2 is 1.63 bits per heavy atom. The Balaban J connectivity index is 2.11. The molecule has 3 nitrogen and oxygen atoms in total. The summed E-state index contributed by atoms with van der Waals surface area (Å²) < 4.78 is 0. The number of nitrogens with zero attached hydrogens (tertiary/aromatic N) is 1. The molecule has 1 atom stereocenters. The number of nitrogens with two attached hydrogens (primary N) is 1. The molecule has 0 spiro atoms. The van der Waals surface area contributed by atoms with Crippen LogP contribution in [-0.2, 0) is 6.42 Å². The van der Waals surface area contributed by atoms with E-state index in [1.54, 1.807) is 0 Å². The summed E-state index contributed by atoms with van der Waals surface area (Å²) in [6, 6.07) is 0.0311. The van der Waals surface area contributed by atoms with Gasteiger partial charge >= 0.3 is 0 Å². The number of H-pyrrole nitrogens is 1. The van der Waals surface area contributed by atoms with Gasteiger partial charge in [-0.2, -0.15) is 0 Å². The topological polar surface area (TPSA) is 54.7 Å². The summed E-state index contributed by atoms with van der Waals surface area (Å²) >= 11 is 0. The number of unbranched alkanes of at least 4 members (excludes halogenated alkanes) is 7. The van der Waals surface area contributed by atoms with Gasteiger partial charge in [0.15, 0.2) is 0 Å². The maximum Gasteiger partial charge on any atom is 0.106 e. The number of aromatic nitrogens is 2. The lowest BCUT2D eigenvalue weighted by atomic mass is 10.1. The van der Waals surface area contributed by atoms with E-state index in [0.717, 1.165) is 23.6 Å². The zero-order valence-corrected chi connectivity index (χ0v) is 13.0. The molecular weight excluding hydrogens is 234 g/mol. The Morgan fingerprint density at radius 1 is 1.05 bits per heavy atom. The van der Waals surface area contributed by atoms with Crippen LogP contribution in [0.5, 0.6) is 0 Å². The monoisotopic (exact) mass is 265 g/mol. The van der Waals surface area contributed by atoms with Gasteiger partial charge in [-0.1, -0.05) is 51.9 Å². The lowest BCUT2D eigenvalue weighted by Gasteiger charge is -2.01. The van der Waals surface area contributed by atoms with Crippen LogP contribution < -0.4 is 5.73 Å². The summed E-state index contributed by atoms with van der Waals surface area (Å²) in [5, 5.41) is 0. The molecule has 3 heteroatoms. The molecule has 0 saturated carbocycles. The molecule has 110 valence electrons. The van der Waals surface area contributed by atoms with Crippen molar-refractivity contribution in [3.63, 3.8) is 0 Å². The molecule has 0 aliphatic heterocycles. The van der Waals surface area contributed by atoms with Crippen molar-refractivity contribution in [2.75, 3.05) is 0 Å². The van der Waals surface area contributed by atoms with Crippen molar-refractivity contribution >= 4 is 0 Å². The third kappa shape index (κ3) is 6.24. The second-order valence-corrected chi connectivity index (χ2v) is 5.71. The standard InChI is InChI=1S/C16H31N3/c1-4-5-6-7-8-9-10-11-12-15-18-14(3)16(19-15)13(2)17/h13H,4-12,17H2,1-3H3,(H,18,19). The average molecular weight is 265 g/mol. The number of aryl methyl sites for hydroxylation is 2. The van der Waals surface area contributed by atoms with Gasteiger partial charge in [0.2, 0.25) is 0 Å². The molecule has 0 radical (unpaired) electrons. The van der Waals surface area contributed by atoms with E-state index >= 15 is 0 Å². The van der Waals surface area contributed by atoms with Gasteiger partial charge in [-0.15, -0.1) is 0 Å². The number of hydrogen-bond donors (Lipinski definition) is 2. The predicted octanol–water partition coefficient (Wildman–Crippen LogP) is 4.42. The van der Waals surface area contributed by atoms with Gasteiger partial charge in [0.25, 0.3) is 0 Å². The predicted molar refractivity (Wildman–Crippen MR) is 82.2 cm³/mol. The zero-order valence-electron chi connectivity index (χ0n) is 13.0. The molecule has 1 aromatic heterocycles. The van der Waals surface area contributed by atoms with E-state index in [9.17, 15) is 0 Å². The van der Waals surface area contributed by atoms with Gasteiger partial charge in [0.05, 0.1) is 5.69 Å². The van der Waals surface area contributed by atoms with Crippen molar-refractivity contribution in [1.82, 2.24) is 9.97 Å². The van der Waals surface area contributed by atoms with E-state index in [4.69, 9.17) is 5.73 Å². The molecule has 0 bridgehead atoms. The smallest absolute Gasteiger partial charge is 0.106 e. The van der Waals surface area contributed by atoms with Crippen LogP contribution in [-0.4, -0.2) is 9.97 Å². The van der Waals surface area contributed by atoms with Gasteiger partial charge in [-0.05, 0) is 20.3 Å². The first-order chi connectivity index (χ1) is 9.15. The van der Waals surface area contributed by atoms with Crippen molar-refractivity contribution in [3.05, 3.63) is 17.2 Å². The second kappa shape index (κ2) is 9.13. The summed E-state index contributed by atoms with van der Waals surface area (Å²) in [6.45, 7) is 6.31. The van der Waals surface area contributed by atoms with E-state index in [1.807, 2.05) is 6.92 Å². The summed E-state index contributed by atoms with van der Waals surface area (Å²) in [5.74, 6) is 1.11. The highest BCUT2D eigenvalue weighted by Gasteiger charge is 2.09. The highest BCUT2D eigenvalue weighted by Crippen LogP contribution is 2.14. The second-order valence-electron chi connectivity index (χ2n) is 5.71. The van der Waals surface area contributed by atoms with Crippen LogP contribution in [0.4, 0.5) is 0 Å². The summed E-state index contributed by atoms with van der Waals surface area (Å²) in [5.41, 5.74) is 8.03. The van der Waals surface area contributed by atoms with Gasteiger partial charge in [0, 0.05) is 18.2 Å². The minimum Gasteiger partial charge on any atom is -0.346 e. The molecule has 0 fully saturated rings. The van der Waals surface area contributed by atoms with Crippen molar-refractivity contribution < 1.29 is 0 Å². The molecule has 0 aliphatic carbocycles. The largest absolute Gasteiger partial charge is 0.346 e. The molecule has 0 aromatic carbocycles. The zero-order chi connectivity index (χ0) is 14.1. The van der Waals surface area contributed by atoms with Crippen LogP contribution in [0.1, 0.15) is 88.5 Å². The van der Waals surface area contributed by atoms with Crippen LogP contribution in [0.3, 0.4) is 0 Å². The van der Waals surface area contributed by atoms with Crippen LogP contribution in [0.2, 0.25) is 0 Å². The van der Waals surface area contributed by atoms with E-state index in [2.05, 4.69) is 23.8 Å². The molecule has 1 unspecified atom stereocenters. The van der Waals surface area contributed by atoms with Crippen LogP contribution in [0, 0.1) is 6.92 Å². The van der Waals surface area contributed by atoms with Gasteiger partial charge in [-0.3, -0.25) is 0 Å². The first-order valence-corrected chi connectivity index (χ1v) is 7.96. The maximum atomic E-state index is 5.88. The SMILES string of the molecule is CCCCCCCCCCc1nc(C(C)N)c(C)[nH]1. The van der Waals surface area contributed by atoms with Crippen molar-refractivity contribution in [1.29, 1.82) is 0 Å². The Morgan fingerprint density at radius 3 is 2.16 bits per heavy atom. The molecule has 0 amide bonds. The molecule has 1 aromatic rings. The minimum atomic E-state index is 0.0311. The quantitative estimate of drug-likeness (QED) is 0.615. The summed E-state index contributed by atoms with van der Waals surface area (Å²) in [7, 11) is 0. The Bertz CT molecular complexity index is 342. The fourth-order valence-corrected chi connectivity index (χ4v) is 2.53. The van der Waals surface area contributed by atoms with Crippen molar-refractivity contribution in [2.45, 2.75) is 84.6 Å². The molecule has 3 N–H and O–H groups in total. The van der Waals surface area contributed by atoms with Gasteiger partial charge < -0.3 is 10.7 Å². The van der Waals surface area contributed by atoms with Crippen LogP contribution in [0.25, 0.3) is 0 Å². The summed E-state index contributed by atoms with van der Waals surface area (Å²) in [6.07, 6.45) is 11.9. The van der Waals surface area contributed by atoms with E-state index in [0.29, 0.717) is 0 Å². The molecule has 0 aliphatic rings. The lowest BCUT2D eigenvalue weighted by molar-refractivity contribution is 0.572. The van der Waals surface area contributed by atoms with E-state index < -0.39 is 0 Å².